The van der Waals surface area contributed by atoms with Gasteiger partial charge in [0, 0.05) is 0 Å². The van der Waals surface area contributed by atoms with Crippen molar-refractivity contribution in [2.75, 3.05) is 29.9 Å². The fourth-order valence-corrected chi connectivity index (χ4v) is 0.872. The van der Waals surface area contributed by atoms with Crippen molar-refractivity contribution in [3.05, 3.63) is 0 Å². The first-order valence-corrected chi connectivity index (χ1v) is 4.45. The second-order valence-electron chi connectivity index (χ2n) is 2.70. The summed E-state index contributed by atoms with van der Waals surface area (Å²) in [6.45, 7) is 1.99. The number of nitrogen functional groups attached to an aromatic ring is 2. The second-order valence-corrected chi connectivity index (χ2v) is 2.70. The van der Waals surface area contributed by atoms with Gasteiger partial charge in [-0.25, -0.2) is 0 Å². The summed E-state index contributed by atoms with van der Waals surface area (Å²) in [5.74, 6) is 0.0584. The van der Waals surface area contributed by atoms with Crippen LogP contribution in [-0.4, -0.2) is 33.4 Å². The van der Waals surface area contributed by atoms with E-state index >= 15 is 0 Å². The third-order valence-corrected chi connectivity index (χ3v) is 1.46. The minimum atomic E-state index is -0.386. The zero-order chi connectivity index (χ0) is 11.3. The lowest BCUT2D eigenvalue weighted by atomic mass is 10.5. The number of aliphatic hydroxyl groups is 1. The molecule has 5 N–H and O–H groups in total. The monoisotopic (exact) mass is 214 g/mol. The van der Waals surface area contributed by atoms with Gasteiger partial charge in [-0.05, 0) is 6.42 Å². The third kappa shape index (κ3) is 3.18. The molecule has 1 rings (SSSR count). The van der Waals surface area contributed by atoms with Crippen molar-refractivity contribution in [1.29, 1.82) is 0 Å². The van der Waals surface area contributed by atoms with Gasteiger partial charge in [0.25, 0.3) is 5.95 Å². The van der Waals surface area contributed by atoms with E-state index in [1.165, 1.54) is 0 Å². The summed E-state index contributed by atoms with van der Waals surface area (Å²) in [6.07, 6.45) is 0.798. The largest absolute Gasteiger partial charge is 0.374 e. The van der Waals surface area contributed by atoms with Crippen molar-refractivity contribution in [3.63, 3.8) is 0 Å². The SMILES string of the molecule is CCCON(CO)c1nc(N)nc(N)n1. The van der Waals surface area contributed by atoms with Crippen LogP contribution in [0.25, 0.3) is 0 Å². The van der Waals surface area contributed by atoms with Crippen molar-refractivity contribution >= 4 is 17.8 Å². The number of rotatable bonds is 5. The quantitative estimate of drug-likeness (QED) is 0.427. The third-order valence-electron chi connectivity index (χ3n) is 1.46. The Morgan fingerprint density at radius 2 is 1.87 bits per heavy atom. The normalized spacial score (nSPS) is 10.3. The topological polar surface area (TPSA) is 123 Å². The van der Waals surface area contributed by atoms with Crippen molar-refractivity contribution < 1.29 is 9.94 Å². The molecule has 0 aliphatic rings. The highest BCUT2D eigenvalue weighted by Gasteiger charge is 2.11. The Morgan fingerprint density at radius 1 is 1.27 bits per heavy atom. The Labute approximate surface area is 86.9 Å². The van der Waals surface area contributed by atoms with Crippen LogP contribution < -0.4 is 16.5 Å². The van der Waals surface area contributed by atoms with Crippen LogP contribution in [0, 0.1) is 0 Å². The Morgan fingerprint density at radius 3 is 2.33 bits per heavy atom. The first-order chi connectivity index (χ1) is 7.17. The lowest BCUT2D eigenvalue weighted by Gasteiger charge is -2.18. The van der Waals surface area contributed by atoms with Gasteiger partial charge in [-0.3, -0.25) is 4.84 Å². The zero-order valence-corrected chi connectivity index (χ0v) is 8.42. The highest BCUT2D eigenvalue weighted by atomic mass is 16.7. The molecule has 0 unspecified atom stereocenters. The van der Waals surface area contributed by atoms with Crippen LogP contribution in [0.3, 0.4) is 0 Å². The molecule has 8 nitrogen and oxygen atoms in total. The average molecular weight is 214 g/mol. The highest BCUT2D eigenvalue weighted by Crippen LogP contribution is 2.09. The molecule has 0 radical (unpaired) electrons. The number of aromatic nitrogens is 3. The minimum Gasteiger partial charge on any atom is -0.374 e. The molecule has 1 heterocycles. The summed E-state index contributed by atoms with van der Waals surface area (Å²) in [5.41, 5.74) is 10.7. The summed E-state index contributed by atoms with van der Waals surface area (Å²) in [5, 5.41) is 10.1. The molecule has 0 bridgehead atoms. The van der Waals surface area contributed by atoms with Crippen LogP contribution in [0.4, 0.5) is 17.8 Å². The van der Waals surface area contributed by atoms with Crippen LogP contribution in [-0.2, 0) is 4.84 Å². The van der Waals surface area contributed by atoms with Gasteiger partial charge < -0.3 is 16.6 Å². The second kappa shape index (κ2) is 5.27. The van der Waals surface area contributed by atoms with Crippen molar-refractivity contribution in [3.8, 4) is 0 Å². The maximum atomic E-state index is 9.01. The summed E-state index contributed by atoms with van der Waals surface area (Å²) >= 11 is 0. The fraction of sp³-hybridized carbons (Fsp3) is 0.571. The van der Waals surface area contributed by atoms with E-state index in [-0.39, 0.29) is 24.6 Å². The van der Waals surface area contributed by atoms with Gasteiger partial charge in [0.2, 0.25) is 11.9 Å². The predicted octanol–water partition coefficient (Wildman–Crippen LogP) is -0.866. The maximum absolute atomic E-state index is 9.01. The lowest BCUT2D eigenvalue weighted by molar-refractivity contribution is 0.0579. The van der Waals surface area contributed by atoms with E-state index in [0.717, 1.165) is 11.5 Å². The molecule has 0 spiro atoms. The molecule has 0 aromatic carbocycles. The Hall–Kier alpha value is -1.67. The van der Waals surface area contributed by atoms with Crippen LogP contribution >= 0.6 is 0 Å². The molecule has 0 saturated carbocycles. The summed E-state index contributed by atoms with van der Waals surface area (Å²) < 4.78 is 0. The van der Waals surface area contributed by atoms with Gasteiger partial charge in [-0.15, -0.1) is 0 Å². The minimum absolute atomic E-state index is 0.0175. The standard InChI is InChI=1S/C7H14N6O2/c1-2-3-15-13(4-14)7-11-5(8)10-6(9)12-7/h14H,2-4H2,1H3,(H4,8,9,10,11,12). The molecule has 1 aromatic rings. The number of hydrogen-bond acceptors (Lipinski definition) is 8. The fourth-order valence-electron chi connectivity index (χ4n) is 0.872. The summed E-state index contributed by atoms with van der Waals surface area (Å²) in [7, 11) is 0. The van der Waals surface area contributed by atoms with Gasteiger partial charge in [0.1, 0.15) is 6.73 Å². The van der Waals surface area contributed by atoms with E-state index in [0.29, 0.717) is 6.61 Å². The number of nitrogens with two attached hydrogens (primary N) is 2. The molecular weight excluding hydrogens is 200 g/mol. The zero-order valence-electron chi connectivity index (χ0n) is 8.42. The molecule has 0 amide bonds. The van der Waals surface area contributed by atoms with Crippen LogP contribution in [0.2, 0.25) is 0 Å². The summed E-state index contributed by atoms with van der Waals surface area (Å²) in [4.78, 5) is 16.3. The van der Waals surface area contributed by atoms with E-state index in [4.69, 9.17) is 21.4 Å². The van der Waals surface area contributed by atoms with E-state index in [1.54, 1.807) is 0 Å². The summed E-state index contributed by atoms with van der Waals surface area (Å²) in [6, 6.07) is 0. The maximum Gasteiger partial charge on any atom is 0.258 e. The first-order valence-electron chi connectivity index (χ1n) is 4.45. The number of hydrogen-bond donors (Lipinski definition) is 3. The van der Waals surface area contributed by atoms with Gasteiger partial charge in [0.15, 0.2) is 0 Å². The van der Waals surface area contributed by atoms with E-state index in [1.807, 2.05) is 6.92 Å². The molecule has 8 heteroatoms. The Bertz CT molecular complexity index is 300. The van der Waals surface area contributed by atoms with Gasteiger partial charge in [0.05, 0.1) is 6.61 Å². The van der Waals surface area contributed by atoms with Crippen molar-refractivity contribution in [2.24, 2.45) is 0 Å². The smallest absolute Gasteiger partial charge is 0.258 e. The molecular formula is C7H14N6O2. The molecule has 0 saturated heterocycles. The van der Waals surface area contributed by atoms with Gasteiger partial charge in [-0.1, -0.05) is 6.92 Å². The Balaban J connectivity index is 2.81. The predicted molar refractivity (Wildman–Crippen MR) is 54.5 cm³/mol. The average Bonchev–Trinajstić information content (AvgIpc) is 2.17. The van der Waals surface area contributed by atoms with E-state index < -0.39 is 0 Å². The number of hydroxylamine groups is 1. The molecule has 0 atom stereocenters. The molecule has 84 valence electrons. The number of aliphatic hydroxyl groups excluding tert-OH is 1. The van der Waals surface area contributed by atoms with Crippen LogP contribution in [0.5, 0.6) is 0 Å². The van der Waals surface area contributed by atoms with E-state index in [2.05, 4.69) is 15.0 Å². The molecule has 0 aliphatic carbocycles. The molecule has 0 aliphatic heterocycles. The lowest BCUT2D eigenvalue weighted by Crippen LogP contribution is -2.27. The van der Waals surface area contributed by atoms with Gasteiger partial charge in [-0.2, -0.15) is 20.0 Å². The number of anilines is 3. The van der Waals surface area contributed by atoms with Crippen LogP contribution in [0.15, 0.2) is 0 Å². The van der Waals surface area contributed by atoms with Crippen molar-refractivity contribution in [1.82, 2.24) is 15.0 Å². The molecule has 0 fully saturated rings. The van der Waals surface area contributed by atoms with Crippen LogP contribution in [0.1, 0.15) is 13.3 Å². The Kier molecular flexibility index (Phi) is 4.01. The number of nitrogens with zero attached hydrogens (tertiary/aromatic N) is 4. The molecule has 1 aromatic heterocycles. The van der Waals surface area contributed by atoms with Gasteiger partial charge >= 0.3 is 0 Å². The molecule has 15 heavy (non-hydrogen) atoms. The first kappa shape index (κ1) is 11.4. The van der Waals surface area contributed by atoms with E-state index in [9.17, 15) is 0 Å². The van der Waals surface area contributed by atoms with Crippen molar-refractivity contribution in [2.45, 2.75) is 13.3 Å². The highest BCUT2D eigenvalue weighted by molar-refractivity contribution is 5.37.